The summed E-state index contributed by atoms with van der Waals surface area (Å²) in [5, 5.41) is 1.82. The molecule has 0 spiro atoms. The van der Waals surface area contributed by atoms with Gasteiger partial charge in [0, 0.05) is 5.69 Å². The minimum atomic E-state index is -1.73. The number of hydrogen-bond donors (Lipinski definition) is 1. The molecule has 0 aromatic heterocycles. The number of hydrogen-bond acceptors (Lipinski definition) is 2. The second-order valence-electron chi connectivity index (χ2n) is 4.23. The van der Waals surface area contributed by atoms with Crippen LogP contribution in [0, 0.1) is 5.82 Å². The maximum Gasteiger partial charge on any atom is 0.240 e. The third-order valence-corrected chi connectivity index (χ3v) is 4.41. The number of benzene rings is 2. The molecular formula is C15H14FNO2S. The lowest BCUT2D eigenvalue weighted by atomic mass is 10.3. The molecule has 2 rings (SSSR count). The Hall–Kier alpha value is -2.01. The normalized spacial score (nSPS) is 13.5. The number of nitrogens with one attached hydrogen (secondary N) is 1. The van der Waals surface area contributed by atoms with Gasteiger partial charge in [-0.05, 0) is 31.2 Å². The summed E-state index contributed by atoms with van der Waals surface area (Å²) >= 11 is 0. The van der Waals surface area contributed by atoms with Crippen molar-refractivity contribution < 1.29 is 13.4 Å². The maximum atomic E-state index is 13.6. The standard InChI is InChI=1S/C15H14FNO2S/c1-11(15(18)17-12-7-3-2-4-8-12)20(19)14-10-6-5-9-13(14)16/h2-11H,1H3,(H,17,18). The van der Waals surface area contributed by atoms with Crippen LogP contribution in [0.2, 0.25) is 0 Å². The van der Waals surface area contributed by atoms with Gasteiger partial charge < -0.3 is 5.32 Å². The first-order valence-corrected chi connectivity index (χ1v) is 7.32. The van der Waals surface area contributed by atoms with E-state index in [0.29, 0.717) is 5.69 Å². The van der Waals surface area contributed by atoms with Gasteiger partial charge in [-0.3, -0.25) is 9.00 Å². The van der Waals surface area contributed by atoms with Gasteiger partial charge in [-0.2, -0.15) is 0 Å². The minimum absolute atomic E-state index is 0.0446. The van der Waals surface area contributed by atoms with E-state index in [1.807, 2.05) is 6.07 Å². The molecule has 2 unspecified atom stereocenters. The van der Waals surface area contributed by atoms with Crippen molar-refractivity contribution in [3.63, 3.8) is 0 Å². The van der Waals surface area contributed by atoms with Crippen molar-refractivity contribution in [3.05, 3.63) is 60.4 Å². The minimum Gasteiger partial charge on any atom is -0.325 e. The highest BCUT2D eigenvalue weighted by Crippen LogP contribution is 2.16. The van der Waals surface area contributed by atoms with Crippen LogP contribution in [-0.2, 0) is 15.6 Å². The number of carbonyl (C=O) groups excluding carboxylic acids is 1. The Kier molecular flexibility index (Phi) is 4.63. The topological polar surface area (TPSA) is 46.2 Å². The third kappa shape index (κ3) is 3.30. The molecule has 0 fully saturated rings. The second-order valence-corrected chi connectivity index (χ2v) is 5.97. The van der Waals surface area contributed by atoms with Crippen molar-refractivity contribution in [2.75, 3.05) is 5.32 Å². The monoisotopic (exact) mass is 291 g/mol. The number of rotatable bonds is 4. The van der Waals surface area contributed by atoms with Crippen molar-refractivity contribution in [3.8, 4) is 0 Å². The van der Waals surface area contributed by atoms with E-state index >= 15 is 0 Å². The Labute approximate surface area is 119 Å². The van der Waals surface area contributed by atoms with E-state index in [9.17, 15) is 13.4 Å². The quantitative estimate of drug-likeness (QED) is 0.941. The van der Waals surface area contributed by atoms with E-state index < -0.39 is 27.8 Å². The molecule has 0 aliphatic rings. The average Bonchev–Trinajstić information content (AvgIpc) is 2.47. The van der Waals surface area contributed by atoms with Gasteiger partial charge in [-0.15, -0.1) is 0 Å². The first-order valence-electron chi connectivity index (χ1n) is 6.10. The molecule has 0 heterocycles. The highest BCUT2D eigenvalue weighted by Gasteiger charge is 2.23. The number of anilines is 1. The zero-order chi connectivity index (χ0) is 14.5. The third-order valence-electron chi connectivity index (χ3n) is 2.79. The smallest absolute Gasteiger partial charge is 0.240 e. The number of para-hydroxylation sites is 1. The van der Waals surface area contributed by atoms with Crippen molar-refractivity contribution in [2.24, 2.45) is 0 Å². The highest BCUT2D eigenvalue weighted by atomic mass is 32.2. The largest absolute Gasteiger partial charge is 0.325 e. The fraction of sp³-hybridized carbons (Fsp3) is 0.133. The summed E-state index contributed by atoms with van der Waals surface area (Å²) in [5.74, 6) is -0.969. The molecular weight excluding hydrogens is 277 g/mol. The van der Waals surface area contributed by atoms with Gasteiger partial charge in [-0.1, -0.05) is 30.3 Å². The van der Waals surface area contributed by atoms with Gasteiger partial charge in [0.2, 0.25) is 5.91 Å². The van der Waals surface area contributed by atoms with Crippen LogP contribution in [0.3, 0.4) is 0 Å². The summed E-state index contributed by atoms with van der Waals surface area (Å²) in [6.45, 7) is 1.51. The lowest BCUT2D eigenvalue weighted by molar-refractivity contribution is -0.115. The Morgan fingerprint density at radius 3 is 2.35 bits per heavy atom. The highest BCUT2D eigenvalue weighted by molar-refractivity contribution is 7.86. The first-order chi connectivity index (χ1) is 9.59. The van der Waals surface area contributed by atoms with Crippen LogP contribution >= 0.6 is 0 Å². The molecule has 2 aromatic rings. The summed E-state index contributed by atoms with van der Waals surface area (Å²) < 4.78 is 25.8. The van der Waals surface area contributed by atoms with Gasteiger partial charge in [0.1, 0.15) is 11.1 Å². The molecule has 20 heavy (non-hydrogen) atoms. The van der Waals surface area contributed by atoms with Crippen LogP contribution in [-0.4, -0.2) is 15.4 Å². The predicted octanol–water partition coefficient (Wildman–Crippen LogP) is 2.96. The summed E-state index contributed by atoms with van der Waals surface area (Å²) in [6, 6.07) is 14.6. The van der Waals surface area contributed by atoms with E-state index in [1.54, 1.807) is 30.3 Å². The Morgan fingerprint density at radius 2 is 1.70 bits per heavy atom. The molecule has 2 aromatic carbocycles. The number of halogens is 1. The van der Waals surface area contributed by atoms with E-state index in [-0.39, 0.29) is 4.90 Å². The predicted molar refractivity (Wildman–Crippen MR) is 77.3 cm³/mol. The maximum absolute atomic E-state index is 13.6. The Balaban J connectivity index is 2.11. The van der Waals surface area contributed by atoms with Crippen LogP contribution in [0.1, 0.15) is 6.92 Å². The summed E-state index contributed by atoms with van der Waals surface area (Å²) in [7, 11) is -1.73. The molecule has 0 aliphatic heterocycles. The van der Waals surface area contributed by atoms with Crippen molar-refractivity contribution >= 4 is 22.4 Å². The fourth-order valence-corrected chi connectivity index (χ4v) is 2.77. The first kappa shape index (κ1) is 14.4. The van der Waals surface area contributed by atoms with Crippen LogP contribution in [0.5, 0.6) is 0 Å². The Morgan fingerprint density at radius 1 is 1.10 bits per heavy atom. The zero-order valence-electron chi connectivity index (χ0n) is 10.9. The molecule has 0 saturated carbocycles. The SMILES string of the molecule is CC(C(=O)Nc1ccccc1)S(=O)c1ccccc1F. The molecule has 1 amide bonds. The van der Waals surface area contributed by atoms with Gasteiger partial charge in [-0.25, -0.2) is 4.39 Å². The van der Waals surface area contributed by atoms with Gasteiger partial charge in [0.05, 0.1) is 15.7 Å². The lowest BCUT2D eigenvalue weighted by Crippen LogP contribution is -2.29. The molecule has 104 valence electrons. The van der Waals surface area contributed by atoms with Gasteiger partial charge in [0.15, 0.2) is 0 Å². The molecule has 0 radical (unpaired) electrons. The fourth-order valence-electron chi connectivity index (χ4n) is 1.66. The van der Waals surface area contributed by atoms with Crippen molar-refractivity contribution in [2.45, 2.75) is 17.1 Å². The van der Waals surface area contributed by atoms with Crippen LogP contribution in [0.15, 0.2) is 59.5 Å². The molecule has 5 heteroatoms. The Bertz CT molecular complexity index is 631. The average molecular weight is 291 g/mol. The summed E-state index contributed by atoms with van der Waals surface area (Å²) in [6.07, 6.45) is 0. The van der Waals surface area contributed by atoms with Crippen LogP contribution in [0.4, 0.5) is 10.1 Å². The molecule has 0 bridgehead atoms. The summed E-state index contributed by atoms with van der Waals surface area (Å²) in [4.78, 5) is 12.1. The number of carbonyl (C=O) groups is 1. The molecule has 0 aliphatic carbocycles. The second kappa shape index (κ2) is 6.43. The van der Waals surface area contributed by atoms with Crippen molar-refractivity contribution in [1.82, 2.24) is 0 Å². The van der Waals surface area contributed by atoms with Crippen LogP contribution < -0.4 is 5.32 Å². The van der Waals surface area contributed by atoms with Gasteiger partial charge in [0.25, 0.3) is 0 Å². The molecule has 0 saturated heterocycles. The van der Waals surface area contributed by atoms with Crippen molar-refractivity contribution in [1.29, 1.82) is 0 Å². The van der Waals surface area contributed by atoms with Crippen LogP contribution in [0.25, 0.3) is 0 Å². The molecule has 2 atom stereocenters. The van der Waals surface area contributed by atoms with Gasteiger partial charge >= 0.3 is 0 Å². The summed E-state index contributed by atoms with van der Waals surface area (Å²) in [5.41, 5.74) is 0.620. The van der Waals surface area contributed by atoms with E-state index in [4.69, 9.17) is 0 Å². The zero-order valence-corrected chi connectivity index (χ0v) is 11.7. The molecule has 3 nitrogen and oxygen atoms in total. The molecule has 1 N–H and O–H groups in total. The van der Waals surface area contributed by atoms with E-state index in [0.717, 1.165) is 0 Å². The van der Waals surface area contributed by atoms with E-state index in [2.05, 4.69) is 5.32 Å². The lowest BCUT2D eigenvalue weighted by Gasteiger charge is -2.12. The van der Waals surface area contributed by atoms with E-state index in [1.165, 1.54) is 25.1 Å². The number of amides is 1.